The van der Waals surface area contributed by atoms with Crippen molar-refractivity contribution in [3.8, 4) is 0 Å². The first-order valence-electron chi connectivity index (χ1n) is 5.14. The van der Waals surface area contributed by atoms with Gasteiger partial charge in [-0.1, -0.05) is 13.8 Å². The Hall–Kier alpha value is -1.64. The lowest BCUT2D eigenvalue weighted by Gasteiger charge is -2.04. The molecule has 1 N–H and O–H groups in total. The van der Waals surface area contributed by atoms with Gasteiger partial charge in [0, 0.05) is 17.1 Å². The monoisotopic (exact) mass is 202 g/mol. The molecule has 2 aromatic rings. The molecule has 3 heteroatoms. The van der Waals surface area contributed by atoms with Gasteiger partial charge in [0.1, 0.15) is 5.65 Å². The number of H-pyrrole nitrogens is 1. The predicted octanol–water partition coefficient (Wildman–Crippen LogP) is 2.12. The van der Waals surface area contributed by atoms with E-state index in [2.05, 4.69) is 23.8 Å². The molecule has 2 rings (SSSR count). The Kier molecular flexibility index (Phi) is 2.54. The average molecular weight is 202 g/mol. The fourth-order valence-corrected chi connectivity index (χ4v) is 1.60. The minimum absolute atomic E-state index is 0.100. The van der Waals surface area contributed by atoms with Gasteiger partial charge in [-0.15, -0.1) is 0 Å². The highest BCUT2D eigenvalue weighted by molar-refractivity contribution is 5.74. The number of fused-ring (bicyclic) bond motifs is 1. The second-order valence-corrected chi connectivity index (χ2v) is 4.16. The molecule has 0 fully saturated rings. The maximum Gasteiger partial charge on any atom is 0.249 e. The number of hydrogen-bond acceptors (Lipinski definition) is 2. The molecule has 0 aliphatic heterocycles. The number of hydrogen-bond donors (Lipinski definition) is 1. The van der Waals surface area contributed by atoms with Crippen molar-refractivity contribution in [2.45, 2.75) is 20.3 Å². The highest BCUT2D eigenvalue weighted by Gasteiger charge is 2.01. The maximum absolute atomic E-state index is 11.1. The molecular formula is C12H14N2O. The van der Waals surface area contributed by atoms with E-state index in [1.165, 1.54) is 6.07 Å². The summed E-state index contributed by atoms with van der Waals surface area (Å²) in [6.07, 6.45) is 0.937. The van der Waals surface area contributed by atoms with Crippen LogP contribution in [0.4, 0.5) is 0 Å². The first-order valence-corrected chi connectivity index (χ1v) is 5.14. The number of nitrogens with zero attached hydrogens (tertiary/aromatic N) is 1. The summed E-state index contributed by atoms with van der Waals surface area (Å²) < 4.78 is 0. The SMILES string of the molecule is CC(C)Cc1ccc2ccc(=O)[nH]c2n1. The van der Waals surface area contributed by atoms with Crippen molar-refractivity contribution in [2.75, 3.05) is 0 Å². The van der Waals surface area contributed by atoms with Crippen LogP contribution in [0.25, 0.3) is 11.0 Å². The first kappa shape index (κ1) is 9.90. The summed E-state index contributed by atoms with van der Waals surface area (Å²) in [7, 11) is 0. The molecular weight excluding hydrogens is 188 g/mol. The lowest BCUT2D eigenvalue weighted by Crippen LogP contribution is -2.05. The molecule has 0 aliphatic carbocycles. The van der Waals surface area contributed by atoms with Crippen LogP contribution in [0.15, 0.2) is 29.1 Å². The quantitative estimate of drug-likeness (QED) is 0.810. The van der Waals surface area contributed by atoms with Crippen LogP contribution in [0.5, 0.6) is 0 Å². The Morgan fingerprint density at radius 2 is 2.00 bits per heavy atom. The largest absolute Gasteiger partial charge is 0.307 e. The van der Waals surface area contributed by atoms with Gasteiger partial charge in [0.15, 0.2) is 0 Å². The molecule has 0 saturated heterocycles. The van der Waals surface area contributed by atoms with Gasteiger partial charge < -0.3 is 4.98 Å². The van der Waals surface area contributed by atoms with Crippen molar-refractivity contribution in [2.24, 2.45) is 5.92 Å². The standard InChI is InChI=1S/C12H14N2O/c1-8(2)7-10-5-3-9-4-6-11(15)14-12(9)13-10/h3-6,8H,7H2,1-2H3,(H,13,14,15). The van der Waals surface area contributed by atoms with E-state index >= 15 is 0 Å². The normalized spacial score (nSPS) is 11.1. The van der Waals surface area contributed by atoms with Gasteiger partial charge in [-0.3, -0.25) is 4.79 Å². The minimum Gasteiger partial charge on any atom is -0.307 e. The van der Waals surface area contributed by atoms with Gasteiger partial charge in [-0.05, 0) is 30.5 Å². The summed E-state index contributed by atoms with van der Waals surface area (Å²) in [5.74, 6) is 0.574. The molecule has 78 valence electrons. The lowest BCUT2D eigenvalue weighted by molar-refractivity contribution is 0.636. The van der Waals surface area contributed by atoms with E-state index < -0.39 is 0 Å². The summed E-state index contributed by atoms with van der Waals surface area (Å²) in [6, 6.07) is 7.32. The van der Waals surface area contributed by atoms with Crippen LogP contribution in [-0.4, -0.2) is 9.97 Å². The van der Waals surface area contributed by atoms with E-state index in [0.717, 1.165) is 17.5 Å². The van der Waals surface area contributed by atoms with Gasteiger partial charge in [-0.2, -0.15) is 0 Å². The zero-order chi connectivity index (χ0) is 10.8. The second kappa shape index (κ2) is 3.85. The Balaban J connectivity index is 2.49. The second-order valence-electron chi connectivity index (χ2n) is 4.16. The molecule has 0 radical (unpaired) electrons. The summed E-state index contributed by atoms with van der Waals surface area (Å²) >= 11 is 0. The van der Waals surface area contributed by atoms with Crippen LogP contribution in [0.1, 0.15) is 19.5 Å². The summed E-state index contributed by atoms with van der Waals surface area (Å²) in [5, 5.41) is 0.974. The van der Waals surface area contributed by atoms with E-state index in [4.69, 9.17) is 0 Å². The molecule has 0 aromatic carbocycles. The molecule has 0 unspecified atom stereocenters. The third-order valence-corrected chi connectivity index (χ3v) is 2.26. The van der Waals surface area contributed by atoms with Crippen LogP contribution >= 0.6 is 0 Å². The number of aromatic nitrogens is 2. The highest BCUT2D eigenvalue weighted by atomic mass is 16.1. The fourth-order valence-electron chi connectivity index (χ4n) is 1.60. The number of aromatic amines is 1. The Morgan fingerprint density at radius 1 is 1.27 bits per heavy atom. The number of pyridine rings is 2. The van der Waals surface area contributed by atoms with Gasteiger partial charge in [0.25, 0.3) is 0 Å². The molecule has 0 saturated carbocycles. The van der Waals surface area contributed by atoms with Crippen molar-refractivity contribution in [1.82, 2.24) is 9.97 Å². The molecule has 3 nitrogen and oxygen atoms in total. The molecule has 0 atom stereocenters. The number of nitrogens with one attached hydrogen (secondary N) is 1. The molecule has 0 aliphatic rings. The molecule has 2 aromatic heterocycles. The van der Waals surface area contributed by atoms with Crippen LogP contribution in [-0.2, 0) is 6.42 Å². The zero-order valence-electron chi connectivity index (χ0n) is 8.95. The van der Waals surface area contributed by atoms with Crippen LogP contribution < -0.4 is 5.56 Å². The highest BCUT2D eigenvalue weighted by Crippen LogP contribution is 2.10. The molecule has 2 heterocycles. The van der Waals surface area contributed by atoms with Crippen molar-refractivity contribution in [1.29, 1.82) is 0 Å². The van der Waals surface area contributed by atoms with Crippen LogP contribution in [0.2, 0.25) is 0 Å². The Morgan fingerprint density at radius 3 is 2.73 bits per heavy atom. The van der Waals surface area contributed by atoms with Gasteiger partial charge >= 0.3 is 0 Å². The topological polar surface area (TPSA) is 45.8 Å². The van der Waals surface area contributed by atoms with E-state index in [0.29, 0.717) is 11.6 Å². The van der Waals surface area contributed by atoms with Crippen molar-refractivity contribution in [3.05, 3.63) is 40.3 Å². The maximum atomic E-state index is 11.1. The van der Waals surface area contributed by atoms with Crippen molar-refractivity contribution >= 4 is 11.0 Å². The summed E-state index contributed by atoms with van der Waals surface area (Å²) in [6.45, 7) is 4.30. The first-order chi connectivity index (χ1) is 7.15. The van der Waals surface area contributed by atoms with Crippen molar-refractivity contribution < 1.29 is 0 Å². The fraction of sp³-hybridized carbons (Fsp3) is 0.333. The van der Waals surface area contributed by atoms with E-state index in [9.17, 15) is 4.79 Å². The minimum atomic E-state index is -0.100. The predicted molar refractivity (Wildman–Crippen MR) is 60.9 cm³/mol. The lowest BCUT2D eigenvalue weighted by atomic mass is 10.1. The molecule has 0 spiro atoms. The Labute approximate surface area is 88.2 Å². The van der Waals surface area contributed by atoms with Gasteiger partial charge in [-0.25, -0.2) is 4.98 Å². The van der Waals surface area contributed by atoms with E-state index in [-0.39, 0.29) is 5.56 Å². The number of rotatable bonds is 2. The van der Waals surface area contributed by atoms with Crippen molar-refractivity contribution in [3.63, 3.8) is 0 Å². The molecule has 15 heavy (non-hydrogen) atoms. The van der Waals surface area contributed by atoms with Gasteiger partial charge in [0.05, 0.1) is 0 Å². The van der Waals surface area contributed by atoms with Crippen LogP contribution in [0, 0.1) is 5.92 Å². The van der Waals surface area contributed by atoms with E-state index in [1.54, 1.807) is 6.07 Å². The summed E-state index contributed by atoms with van der Waals surface area (Å²) in [5.41, 5.74) is 1.61. The third-order valence-electron chi connectivity index (χ3n) is 2.26. The zero-order valence-corrected chi connectivity index (χ0v) is 8.95. The Bertz CT molecular complexity index is 528. The van der Waals surface area contributed by atoms with Gasteiger partial charge in [0.2, 0.25) is 5.56 Å². The van der Waals surface area contributed by atoms with Crippen LogP contribution in [0.3, 0.4) is 0 Å². The average Bonchev–Trinajstić information content (AvgIpc) is 2.16. The summed E-state index contributed by atoms with van der Waals surface area (Å²) in [4.78, 5) is 18.3. The molecule has 0 amide bonds. The smallest absolute Gasteiger partial charge is 0.249 e. The third kappa shape index (κ3) is 2.24. The van der Waals surface area contributed by atoms with E-state index in [1.807, 2.05) is 12.1 Å². The molecule has 0 bridgehead atoms.